The maximum Gasteiger partial charge on any atom is 0.306 e. The quantitative estimate of drug-likeness (QED) is 0.222. The van der Waals surface area contributed by atoms with Gasteiger partial charge in [-0.1, -0.05) is 56.9 Å². The van der Waals surface area contributed by atoms with E-state index < -0.39 is 0 Å². The van der Waals surface area contributed by atoms with E-state index in [9.17, 15) is 9.59 Å². The Hall–Kier alpha value is -3.02. The summed E-state index contributed by atoms with van der Waals surface area (Å²) in [4.78, 5) is 28.5. The molecule has 0 saturated carbocycles. The molecule has 35 heavy (non-hydrogen) atoms. The lowest BCUT2D eigenvalue weighted by molar-refractivity contribution is -0.145. The molecule has 0 aromatic heterocycles. The molecule has 0 radical (unpaired) electrons. The predicted molar refractivity (Wildman–Crippen MR) is 146 cm³/mol. The summed E-state index contributed by atoms with van der Waals surface area (Å²) in [6.07, 6.45) is 8.41. The molecule has 1 amide bonds. The summed E-state index contributed by atoms with van der Waals surface area (Å²) >= 11 is 0. The molecule has 0 spiro atoms. The van der Waals surface area contributed by atoms with Crippen LogP contribution in [0.2, 0.25) is 0 Å². The van der Waals surface area contributed by atoms with E-state index in [4.69, 9.17) is 4.74 Å². The summed E-state index contributed by atoms with van der Waals surface area (Å²) < 4.78 is 5.32. The summed E-state index contributed by atoms with van der Waals surface area (Å²) in [7, 11) is 6.04. The molecule has 0 saturated heterocycles. The molecule has 6 nitrogen and oxygen atoms in total. The third-order valence-corrected chi connectivity index (χ3v) is 6.02. The molecule has 0 heterocycles. The predicted octanol–water partition coefficient (Wildman–Crippen LogP) is 6.40. The first-order chi connectivity index (χ1) is 16.9. The number of nitrogens with zero attached hydrogens (tertiary/aromatic N) is 2. The van der Waals surface area contributed by atoms with Crippen LogP contribution in [0.3, 0.4) is 0 Å². The molecule has 1 N–H and O–H groups in total. The molecule has 2 rings (SSSR count). The van der Waals surface area contributed by atoms with Crippen molar-refractivity contribution in [2.24, 2.45) is 0 Å². The molecular weight excluding hydrogens is 438 g/mol. The van der Waals surface area contributed by atoms with Crippen molar-refractivity contribution in [1.82, 2.24) is 0 Å². The minimum atomic E-state index is -0.196. The Morgan fingerprint density at radius 2 is 1.54 bits per heavy atom. The van der Waals surface area contributed by atoms with E-state index in [-0.39, 0.29) is 18.5 Å². The monoisotopic (exact) mass is 481 g/mol. The van der Waals surface area contributed by atoms with Crippen LogP contribution in [0.25, 0.3) is 0 Å². The molecule has 6 heteroatoms. The number of hydrogen-bond donors (Lipinski definition) is 1. The fourth-order valence-electron chi connectivity index (χ4n) is 3.97. The lowest BCUT2D eigenvalue weighted by Crippen LogP contribution is -2.18. The molecule has 0 aliphatic carbocycles. The molecule has 0 bridgehead atoms. The van der Waals surface area contributed by atoms with Gasteiger partial charge in [-0.25, -0.2) is 0 Å². The van der Waals surface area contributed by atoms with Gasteiger partial charge in [0.15, 0.2) is 0 Å². The average molecular weight is 482 g/mol. The van der Waals surface area contributed by atoms with Gasteiger partial charge in [0.05, 0.1) is 11.4 Å². The summed E-state index contributed by atoms with van der Waals surface area (Å²) in [5.41, 5.74) is 3.82. The molecule has 0 atom stereocenters. The lowest BCUT2D eigenvalue weighted by atomic mass is 10.1. The molecule has 0 unspecified atom stereocenters. The Labute approximate surface area is 211 Å². The van der Waals surface area contributed by atoms with E-state index in [1.54, 1.807) is 0 Å². The smallest absolute Gasteiger partial charge is 0.306 e. The van der Waals surface area contributed by atoms with Crippen LogP contribution in [0.4, 0.5) is 17.1 Å². The number of rotatable bonds is 16. The first kappa shape index (κ1) is 28.2. The van der Waals surface area contributed by atoms with Crippen molar-refractivity contribution in [2.45, 2.75) is 71.3 Å². The highest BCUT2D eigenvalue weighted by Crippen LogP contribution is 2.26. The number of anilines is 3. The van der Waals surface area contributed by atoms with Gasteiger partial charge in [0.2, 0.25) is 5.91 Å². The van der Waals surface area contributed by atoms with Crippen molar-refractivity contribution in [3.63, 3.8) is 0 Å². The molecule has 0 fully saturated rings. The Morgan fingerprint density at radius 1 is 0.857 bits per heavy atom. The third-order valence-electron chi connectivity index (χ3n) is 6.02. The van der Waals surface area contributed by atoms with Crippen LogP contribution in [0.15, 0.2) is 48.5 Å². The maximum atomic E-state index is 12.6. The van der Waals surface area contributed by atoms with Crippen LogP contribution in [0, 0.1) is 0 Å². The molecular formula is C29H43N3O3. The largest absolute Gasteiger partial charge is 0.461 e. The number of unbranched alkanes of at least 4 members (excludes halogenated alkanes) is 5. The molecule has 0 aliphatic heterocycles. The van der Waals surface area contributed by atoms with Crippen molar-refractivity contribution < 1.29 is 14.3 Å². The van der Waals surface area contributed by atoms with Crippen molar-refractivity contribution in [3.05, 3.63) is 54.1 Å². The number of hydrogen-bond acceptors (Lipinski definition) is 5. The molecule has 2 aromatic carbocycles. The summed E-state index contributed by atoms with van der Waals surface area (Å²) in [6.45, 7) is 3.24. The Balaban J connectivity index is 1.67. The minimum absolute atomic E-state index is 0.0257. The number of carbonyl (C=O) groups excluding carboxylic acids is 2. The van der Waals surface area contributed by atoms with Crippen molar-refractivity contribution in [2.75, 3.05) is 42.8 Å². The Bertz CT molecular complexity index is 899. The zero-order valence-corrected chi connectivity index (χ0v) is 22.0. The van der Waals surface area contributed by atoms with Crippen molar-refractivity contribution >= 4 is 28.9 Å². The van der Waals surface area contributed by atoms with Gasteiger partial charge in [0.25, 0.3) is 0 Å². The second kappa shape index (κ2) is 15.8. The number of benzene rings is 2. The lowest BCUT2D eigenvalue weighted by Gasteiger charge is -2.19. The second-order valence-electron chi connectivity index (χ2n) is 9.33. The van der Waals surface area contributed by atoms with Crippen LogP contribution in [-0.4, -0.2) is 39.6 Å². The van der Waals surface area contributed by atoms with E-state index in [0.717, 1.165) is 49.2 Å². The number of carbonyl (C=O) groups is 2. The number of nitrogens with one attached hydrogen (secondary N) is 1. The van der Waals surface area contributed by atoms with E-state index in [1.165, 1.54) is 24.9 Å². The van der Waals surface area contributed by atoms with Crippen molar-refractivity contribution in [1.29, 1.82) is 0 Å². The minimum Gasteiger partial charge on any atom is -0.461 e. The van der Waals surface area contributed by atoms with Gasteiger partial charge in [-0.2, -0.15) is 0 Å². The summed E-state index contributed by atoms with van der Waals surface area (Å²) in [5, 5.41) is 3.06. The molecule has 2 aromatic rings. The van der Waals surface area contributed by atoms with Gasteiger partial charge in [0, 0.05) is 46.2 Å². The Morgan fingerprint density at radius 3 is 2.23 bits per heavy atom. The Kier molecular flexibility index (Phi) is 12.7. The van der Waals surface area contributed by atoms with Crippen molar-refractivity contribution in [3.8, 4) is 0 Å². The SMILES string of the molecule is CCCC(=O)OCc1ccc(N(C)C)c(NC(=O)CCCCCCCCN(C)c2ccccc2)c1. The third kappa shape index (κ3) is 10.8. The highest BCUT2D eigenvalue weighted by Gasteiger charge is 2.11. The number of esters is 1. The standard InChI is InChI=1S/C29H43N3O3/c1-5-15-29(34)35-23-24-19-20-27(31(2)3)26(22-24)30-28(33)18-13-8-6-7-9-14-21-32(4)25-16-11-10-12-17-25/h10-12,16-17,19-20,22H,5-9,13-15,18,21,23H2,1-4H3,(H,30,33). The van der Waals surface area contributed by atoms with Gasteiger partial charge in [-0.15, -0.1) is 0 Å². The average Bonchev–Trinajstić information content (AvgIpc) is 2.85. The zero-order valence-electron chi connectivity index (χ0n) is 22.0. The van der Waals surface area contributed by atoms with Crippen LogP contribution in [-0.2, 0) is 20.9 Å². The molecule has 0 aliphatic rings. The summed E-state index contributed by atoms with van der Waals surface area (Å²) in [5.74, 6) is -0.171. The first-order valence-corrected chi connectivity index (χ1v) is 12.9. The van der Waals surface area contributed by atoms with E-state index in [2.05, 4.69) is 41.5 Å². The topological polar surface area (TPSA) is 61.9 Å². The van der Waals surface area contributed by atoms with Gasteiger partial charge in [-0.3, -0.25) is 9.59 Å². The first-order valence-electron chi connectivity index (χ1n) is 12.9. The fourth-order valence-corrected chi connectivity index (χ4v) is 3.97. The number of amides is 1. The summed E-state index contributed by atoms with van der Waals surface area (Å²) in [6, 6.07) is 16.3. The van der Waals surface area contributed by atoms with Crippen LogP contribution >= 0.6 is 0 Å². The fraction of sp³-hybridized carbons (Fsp3) is 0.517. The second-order valence-corrected chi connectivity index (χ2v) is 9.33. The zero-order chi connectivity index (χ0) is 25.5. The number of ether oxygens (including phenoxy) is 1. The van der Waals surface area contributed by atoms with Gasteiger partial charge in [-0.05, 0) is 49.1 Å². The van der Waals surface area contributed by atoms with Gasteiger partial charge >= 0.3 is 5.97 Å². The van der Waals surface area contributed by atoms with Crippen LogP contribution in [0.1, 0.15) is 70.3 Å². The highest BCUT2D eigenvalue weighted by molar-refractivity contribution is 5.94. The van der Waals surface area contributed by atoms with Crippen LogP contribution in [0.5, 0.6) is 0 Å². The van der Waals surface area contributed by atoms with Gasteiger partial charge in [0.1, 0.15) is 6.61 Å². The van der Waals surface area contributed by atoms with Gasteiger partial charge < -0.3 is 19.9 Å². The molecule has 192 valence electrons. The van der Waals surface area contributed by atoms with E-state index >= 15 is 0 Å². The van der Waals surface area contributed by atoms with E-state index in [0.29, 0.717) is 12.8 Å². The van der Waals surface area contributed by atoms with Crippen LogP contribution < -0.4 is 15.1 Å². The van der Waals surface area contributed by atoms with E-state index in [1.807, 2.05) is 50.2 Å². The normalized spacial score (nSPS) is 10.6. The number of para-hydroxylation sites is 1. The maximum absolute atomic E-state index is 12.6. The highest BCUT2D eigenvalue weighted by atomic mass is 16.5.